The molecule has 0 heterocycles. The van der Waals surface area contributed by atoms with Gasteiger partial charge in [0.1, 0.15) is 6.61 Å². The van der Waals surface area contributed by atoms with E-state index < -0.39 is 0 Å². The molecule has 0 aliphatic carbocycles. The van der Waals surface area contributed by atoms with Crippen molar-refractivity contribution in [1.82, 2.24) is 0 Å². The lowest BCUT2D eigenvalue weighted by atomic mass is 10.2. The largest absolute Gasteiger partial charge is 0.494 e. The first-order chi connectivity index (χ1) is 6.60. The normalized spacial score (nSPS) is 12.5. The molecule has 2 heteroatoms. The number of hydrogen-bond donors (Lipinski definition) is 1. The summed E-state index contributed by atoms with van der Waals surface area (Å²) in [6.07, 6.45) is 5.65. The number of nitrogens with two attached hydrogens (primary N) is 1. The molecule has 0 saturated heterocycles. The van der Waals surface area contributed by atoms with Gasteiger partial charge in [-0.05, 0) is 25.5 Å². The topological polar surface area (TPSA) is 35.2 Å². The summed E-state index contributed by atoms with van der Waals surface area (Å²) in [6.45, 7) is 12.2. The maximum absolute atomic E-state index is 5.39. The van der Waals surface area contributed by atoms with E-state index in [1.807, 2.05) is 26.0 Å². The first-order valence-electron chi connectivity index (χ1n) is 4.57. The molecule has 0 aromatic rings. The fourth-order valence-electron chi connectivity index (χ4n) is 0.640. The monoisotopic (exact) mass is 193 g/mol. The SMILES string of the molecule is C=C/C(C)=C\C=C(/C)OCC(=C)CN. The number of rotatable bonds is 6. The van der Waals surface area contributed by atoms with Crippen molar-refractivity contribution in [3.8, 4) is 0 Å². The van der Waals surface area contributed by atoms with Crippen LogP contribution in [0.15, 0.2) is 48.3 Å². The molecule has 0 spiro atoms. The van der Waals surface area contributed by atoms with E-state index in [1.165, 1.54) is 0 Å². The third kappa shape index (κ3) is 6.26. The predicted molar refractivity (Wildman–Crippen MR) is 61.9 cm³/mol. The van der Waals surface area contributed by atoms with Gasteiger partial charge < -0.3 is 10.5 Å². The lowest BCUT2D eigenvalue weighted by molar-refractivity contribution is 0.241. The molecule has 0 bridgehead atoms. The lowest BCUT2D eigenvalue weighted by Gasteiger charge is -2.06. The molecular formula is C12H19NO. The standard InChI is InChI=1S/C12H19NO/c1-5-10(2)6-7-12(4)14-9-11(3)8-13/h5-7H,1,3,8-9,13H2,2,4H3/b10-6-,12-7+. The second kappa shape index (κ2) is 7.15. The molecule has 0 aromatic carbocycles. The molecule has 2 nitrogen and oxygen atoms in total. The molecule has 0 aromatic heterocycles. The zero-order valence-electron chi connectivity index (χ0n) is 9.05. The fraction of sp³-hybridized carbons (Fsp3) is 0.333. The molecule has 0 atom stereocenters. The van der Waals surface area contributed by atoms with E-state index in [2.05, 4.69) is 13.2 Å². The van der Waals surface area contributed by atoms with Gasteiger partial charge in [-0.1, -0.05) is 30.9 Å². The van der Waals surface area contributed by atoms with Gasteiger partial charge in [0.2, 0.25) is 0 Å². The number of hydrogen-bond acceptors (Lipinski definition) is 2. The quantitative estimate of drug-likeness (QED) is 0.400. The van der Waals surface area contributed by atoms with E-state index in [1.54, 1.807) is 6.08 Å². The summed E-state index contributed by atoms with van der Waals surface area (Å²) in [7, 11) is 0. The van der Waals surface area contributed by atoms with E-state index in [-0.39, 0.29) is 0 Å². The van der Waals surface area contributed by atoms with Gasteiger partial charge in [-0.2, -0.15) is 0 Å². The van der Waals surface area contributed by atoms with Crippen LogP contribution in [0.4, 0.5) is 0 Å². The second-order valence-electron chi connectivity index (χ2n) is 3.13. The Hall–Kier alpha value is -1.28. The molecule has 0 rings (SSSR count). The Kier molecular flexibility index (Phi) is 6.50. The molecule has 0 unspecified atom stereocenters. The van der Waals surface area contributed by atoms with Crippen molar-refractivity contribution in [2.75, 3.05) is 13.2 Å². The van der Waals surface area contributed by atoms with E-state index in [0.717, 1.165) is 16.9 Å². The first kappa shape index (κ1) is 12.7. The van der Waals surface area contributed by atoms with E-state index in [4.69, 9.17) is 10.5 Å². The molecule has 78 valence electrons. The van der Waals surface area contributed by atoms with Crippen molar-refractivity contribution in [1.29, 1.82) is 0 Å². The Morgan fingerprint density at radius 2 is 2.00 bits per heavy atom. The highest BCUT2D eigenvalue weighted by Crippen LogP contribution is 2.01. The molecule has 2 N–H and O–H groups in total. The van der Waals surface area contributed by atoms with Gasteiger partial charge in [-0.25, -0.2) is 0 Å². The van der Waals surface area contributed by atoms with Crippen LogP contribution in [-0.4, -0.2) is 13.2 Å². The summed E-state index contributed by atoms with van der Waals surface area (Å²) >= 11 is 0. The maximum atomic E-state index is 5.39. The van der Waals surface area contributed by atoms with Gasteiger partial charge in [0.15, 0.2) is 0 Å². The molecule has 14 heavy (non-hydrogen) atoms. The molecule has 0 radical (unpaired) electrons. The van der Waals surface area contributed by atoms with Crippen LogP contribution in [0.2, 0.25) is 0 Å². The minimum Gasteiger partial charge on any atom is -0.494 e. The van der Waals surface area contributed by atoms with Gasteiger partial charge in [0.05, 0.1) is 5.76 Å². The fourth-order valence-corrected chi connectivity index (χ4v) is 0.640. The average Bonchev–Trinajstić information content (AvgIpc) is 2.22. The van der Waals surface area contributed by atoms with Crippen LogP contribution in [0, 0.1) is 0 Å². The Labute approximate surface area is 86.4 Å². The third-order valence-electron chi connectivity index (χ3n) is 1.70. The van der Waals surface area contributed by atoms with Crippen LogP contribution in [0.25, 0.3) is 0 Å². The van der Waals surface area contributed by atoms with Crippen LogP contribution < -0.4 is 5.73 Å². The number of ether oxygens (including phenoxy) is 1. The summed E-state index contributed by atoms with van der Waals surface area (Å²) < 4.78 is 5.39. The lowest BCUT2D eigenvalue weighted by Crippen LogP contribution is -2.07. The summed E-state index contributed by atoms with van der Waals surface area (Å²) in [4.78, 5) is 0. The second-order valence-corrected chi connectivity index (χ2v) is 3.13. The van der Waals surface area contributed by atoms with Crippen LogP contribution in [0.3, 0.4) is 0 Å². The van der Waals surface area contributed by atoms with Crippen molar-refractivity contribution < 1.29 is 4.74 Å². The zero-order valence-corrected chi connectivity index (χ0v) is 9.05. The molecule has 0 fully saturated rings. The van der Waals surface area contributed by atoms with Crippen LogP contribution in [-0.2, 0) is 4.74 Å². The minimum absolute atomic E-state index is 0.467. The minimum atomic E-state index is 0.467. The van der Waals surface area contributed by atoms with Gasteiger partial charge in [0, 0.05) is 6.54 Å². The molecule has 0 amide bonds. The van der Waals surface area contributed by atoms with E-state index >= 15 is 0 Å². The Bertz CT molecular complexity index is 261. The Balaban J connectivity index is 4.01. The van der Waals surface area contributed by atoms with Crippen molar-refractivity contribution >= 4 is 0 Å². The molecular weight excluding hydrogens is 174 g/mol. The van der Waals surface area contributed by atoms with Crippen molar-refractivity contribution in [3.05, 3.63) is 48.3 Å². The molecule has 0 aliphatic rings. The van der Waals surface area contributed by atoms with Gasteiger partial charge in [-0.3, -0.25) is 0 Å². The highest BCUT2D eigenvalue weighted by atomic mass is 16.5. The summed E-state index contributed by atoms with van der Waals surface area (Å²) in [6, 6.07) is 0. The molecule has 0 aliphatic heterocycles. The highest BCUT2D eigenvalue weighted by Gasteiger charge is 1.92. The smallest absolute Gasteiger partial charge is 0.110 e. The Morgan fingerprint density at radius 3 is 2.50 bits per heavy atom. The van der Waals surface area contributed by atoms with Gasteiger partial charge in [0.25, 0.3) is 0 Å². The number of allylic oxidation sites excluding steroid dienone is 5. The van der Waals surface area contributed by atoms with E-state index in [0.29, 0.717) is 13.2 Å². The first-order valence-corrected chi connectivity index (χ1v) is 4.57. The zero-order chi connectivity index (χ0) is 11.0. The molecule has 0 saturated carbocycles. The summed E-state index contributed by atoms with van der Waals surface area (Å²) in [5.41, 5.74) is 7.37. The third-order valence-corrected chi connectivity index (χ3v) is 1.70. The summed E-state index contributed by atoms with van der Waals surface area (Å²) in [5.74, 6) is 0.848. The van der Waals surface area contributed by atoms with Gasteiger partial charge >= 0.3 is 0 Å². The van der Waals surface area contributed by atoms with Crippen LogP contribution in [0.5, 0.6) is 0 Å². The average molecular weight is 193 g/mol. The maximum Gasteiger partial charge on any atom is 0.110 e. The predicted octanol–water partition coefficient (Wildman–Crippen LogP) is 2.55. The van der Waals surface area contributed by atoms with E-state index in [9.17, 15) is 0 Å². The summed E-state index contributed by atoms with van der Waals surface area (Å²) in [5, 5.41) is 0. The van der Waals surface area contributed by atoms with Crippen molar-refractivity contribution in [2.24, 2.45) is 5.73 Å². The van der Waals surface area contributed by atoms with Gasteiger partial charge in [-0.15, -0.1) is 0 Å². The van der Waals surface area contributed by atoms with Crippen molar-refractivity contribution in [2.45, 2.75) is 13.8 Å². The van der Waals surface area contributed by atoms with Crippen molar-refractivity contribution in [3.63, 3.8) is 0 Å². The highest BCUT2D eigenvalue weighted by molar-refractivity contribution is 5.20. The van der Waals surface area contributed by atoms with Crippen LogP contribution >= 0.6 is 0 Å². The van der Waals surface area contributed by atoms with Crippen LogP contribution in [0.1, 0.15) is 13.8 Å². The Morgan fingerprint density at radius 1 is 1.36 bits per heavy atom.